The molecule has 15 heavy (non-hydrogen) atoms. The molecule has 0 aliphatic heterocycles. The fraction of sp³-hybridized carbons (Fsp3) is 0.750. The Morgan fingerprint density at radius 1 is 1.53 bits per heavy atom. The van der Waals surface area contributed by atoms with Crippen molar-refractivity contribution in [2.45, 2.75) is 38.6 Å². The Morgan fingerprint density at radius 2 is 2.27 bits per heavy atom. The van der Waals surface area contributed by atoms with Crippen molar-refractivity contribution in [2.75, 3.05) is 6.54 Å². The zero-order chi connectivity index (χ0) is 10.9. The summed E-state index contributed by atoms with van der Waals surface area (Å²) in [4.78, 5) is 11.8. The summed E-state index contributed by atoms with van der Waals surface area (Å²) < 4.78 is 0. The van der Waals surface area contributed by atoms with Gasteiger partial charge in [0.05, 0.1) is 5.92 Å². The summed E-state index contributed by atoms with van der Waals surface area (Å²) >= 11 is 0. The van der Waals surface area contributed by atoms with Crippen molar-refractivity contribution >= 4 is 5.91 Å². The van der Waals surface area contributed by atoms with Crippen LogP contribution in [0.15, 0.2) is 12.2 Å². The maximum atomic E-state index is 11.8. The van der Waals surface area contributed by atoms with E-state index in [-0.39, 0.29) is 17.9 Å². The molecule has 0 aromatic heterocycles. The Balaban J connectivity index is 1.75. The lowest BCUT2D eigenvalue weighted by Crippen LogP contribution is -2.42. The molecule has 2 aliphatic rings. The average molecular weight is 208 g/mol. The second-order valence-corrected chi connectivity index (χ2v) is 5.27. The number of carbonyl (C=O) groups excluding carboxylic acids is 1. The third-order valence-corrected chi connectivity index (χ3v) is 3.70. The Bertz CT molecular complexity index is 281. The minimum absolute atomic E-state index is 0.00340. The van der Waals surface area contributed by atoms with Crippen LogP contribution in [0.4, 0.5) is 0 Å². The van der Waals surface area contributed by atoms with Gasteiger partial charge in [0.25, 0.3) is 0 Å². The van der Waals surface area contributed by atoms with Gasteiger partial charge in [0, 0.05) is 12.6 Å². The van der Waals surface area contributed by atoms with E-state index < -0.39 is 0 Å². The van der Waals surface area contributed by atoms with Gasteiger partial charge in [-0.3, -0.25) is 4.79 Å². The molecule has 1 fully saturated rings. The Kier molecular flexibility index (Phi) is 2.83. The van der Waals surface area contributed by atoms with Crippen LogP contribution in [-0.4, -0.2) is 18.5 Å². The maximum absolute atomic E-state index is 11.8. The highest BCUT2D eigenvalue weighted by atomic mass is 16.1. The second kappa shape index (κ2) is 3.97. The molecule has 84 valence electrons. The molecule has 3 nitrogen and oxygen atoms in total. The summed E-state index contributed by atoms with van der Waals surface area (Å²) in [6, 6.07) is 0.0695. The first-order chi connectivity index (χ1) is 7.09. The second-order valence-electron chi connectivity index (χ2n) is 5.27. The van der Waals surface area contributed by atoms with Crippen molar-refractivity contribution < 1.29 is 4.79 Å². The van der Waals surface area contributed by atoms with E-state index in [4.69, 9.17) is 5.73 Å². The fourth-order valence-corrected chi connectivity index (χ4v) is 2.31. The van der Waals surface area contributed by atoms with Crippen molar-refractivity contribution in [3.05, 3.63) is 12.2 Å². The van der Waals surface area contributed by atoms with Crippen LogP contribution < -0.4 is 11.1 Å². The molecule has 0 spiro atoms. The predicted molar refractivity (Wildman–Crippen MR) is 60.2 cm³/mol. The van der Waals surface area contributed by atoms with Crippen LogP contribution >= 0.6 is 0 Å². The van der Waals surface area contributed by atoms with E-state index in [2.05, 4.69) is 12.2 Å². The van der Waals surface area contributed by atoms with Crippen LogP contribution in [0.1, 0.15) is 32.6 Å². The zero-order valence-corrected chi connectivity index (χ0v) is 9.33. The lowest BCUT2D eigenvalue weighted by molar-refractivity contribution is -0.124. The Labute approximate surface area is 91.1 Å². The Morgan fingerprint density at radius 3 is 2.73 bits per heavy atom. The van der Waals surface area contributed by atoms with E-state index >= 15 is 0 Å². The largest absolute Gasteiger partial charge is 0.355 e. The number of hydrogen-bond donors (Lipinski definition) is 2. The molecule has 0 aromatic rings. The number of nitrogens with one attached hydrogen (secondary N) is 1. The summed E-state index contributed by atoms with van der Waals surface area (Å²) in [5.74, 6) is 0.149. The molecule has 0 radical (unpaired) electrons. The zero-order valence-electron chi connectivity index (χ0n) is 9.33. The summed E-state index contributed by atoms with van der Waals surface area (Å²) in [5.41, 5.74) is 6.08. The summed E-state index contributed by atoms with van der Waals surface area (Å²) in [7, 11) is 0. The van der Waals surface area contributed by atoms with Crippen LogP contribution in [0.5, 0.6) is 0 Å². The SMILES string of the molecule is CC1(CNC(=O)C2C=CC(N)C2)CCC1. The summed E-state index contributed by atoms with van der Waals surface area (Å²) in [6.45, 7) is 3.07. The van der Waals surface area contributed by atoms with Gasteiger partial charge in [0.2, 0.25) is 5.91 Å². The van der Waals surface area contributed by atoms with Gasteiger partial charge >= 0.3 is 0 Å². The molecule has 3 heteroatoms. The maximum Gasteiger partial charge on any atom is 0.227 e. The fourth-order valence-electron chi connectivity index (χ4n) is 2.31. The van der Waals surface area contributed by atoms with E-state index in [1.807, 2.05) is 12.2 Å². The molecule has 0 saturated heterocycles. The van der Waals surface area contributed by atoms with E-state index in [9.17, 15) is 4.79 Å². The van der Waals surface area contributed by atoms with Gasteiger partial charge in [-0.1, -0.05) is 25.5 Å². The molecule has 1 amide bonds. The third-order valence-electron chi connectivity index (χ3n) is 3.70. The van der Waals surface area contributed by atoms with Crippen LogP contribution in [0.3, 0.4) is 0 Å². The van der Waals surface area contributed by atoms with Crippen molar-refractivity contribution in [3.63, 3.8) is 0 Å². The number of hydrogen-bond acceptors (Lipinski definition) is 2. The van der Waals surface area contributed by atoms with Gasteiger partial charge in [-0.2, -0.15) is 0 Å². The van der Waals surface area contributed by atoms with Gasteiger partial charge in [-0.25, -0.2) is 0 Å². The number of rotatable bonds is 3. The highest BCUT2D eigenvalue weighted by molar-refractivity contribution is 5.81. The van der Waals surface area contributed by atoms with Crippen LogP contribution in [0, 0.1) is 11.3 Å². The molecular formula is C12H20N2O. The molecule has 1 saturated carbocycles. The molecule has 0 aromatic carbocycles. The minimum atomic E-state index is 0.00340. The third kappa shape index (κ3) is 2.40. The number of nitrogens with two attached hydrogens (primary N) is 1. The molecule has 2 aliphatic carbocycles. The van der Waals surface area contributed by atoms with E-state index in [0.29, 0.717) is 5.41 Å². The predicted octanol–water partition coefficient (Wildman–Crippen LogP) is 1.20. The van der Waals surface area contributed by atoms with Gasteiger partial charge in [0.15, 0.2) is 0 Å². The topological polar surface area (TPSA) is 55.1 Å². The normalized spacial score (nSPS) is 32.4. The van der Waals surface area contributed by atoms with Gasteiger partial charge in [0.1, 0.15) is 0 Å². The van der Waals surface area contributed by atoms with E-state index in [1.165, 1.54) is 19.3 Å². The molecular weight excluding hydrogens is 188 g/mol. The highest BCUT2D eigenvalue weighted by Gasteiger charge is 2.32. The molecule has 2 unspecified atom stereocenters. The standard InChI is InChI=1S/C12H20N2O/c1-12(5-2-6-12)8-14-11(15)9-3-4-10(13)7-9/h3-4,9-10H,2,5-8,13H2,1H3,(H,14,15). The molecule has 2 rings (SSSR count). The molecule has 0 heterocycles. The van der Waals surface area contributed by atoms with Crippen LogP contribution in [-0.2, 0) is 4.79 Å². The van der Waals surface area contributed by atoms with Gasteiger partial charge in [-0.05, 0) is 24.7 Å². The van der Waals surface area contributed by atoms with E-state index in [0.717, 1.165) is 13.0 Å². The van der Waals surface area contributed by atoms with Gasteiger partial charge < -0.3 is 11.1 Å². The number of amides is 1. The average Bonchev–Trinajstić information content (AvgIpc) is 2.58. The first-order valence-corrected chi connectivity index (χ1v) is 5.81. The summed E-state index contributed by atoms with van der Waals surface area (Å²) in [5, 5.41) is 3.04. The van der Waals surface area contributed by atoms with Crippen molar-refractivity contribution in [3.8, 4) is 0 Å². The Hall–Kier alpha value is -0.830. The van der Waals surface area contributed by atoms with Crippen LogP contribution in [0.2, 0.25) is 0 Å². The van der Waals surface area contributed by atoms with Crippen molar-refractivity contribution in [2.24, 2.45) is 17.1 Å². The molecule has 3 N–H and O–H groups in total. The van der Waals surface area contributed by atoms with Crippen molar-refractivity contribution in [1.29, 1.82) is 0 Å². The van der Waals surface area contributed by atoms with Gasteiger partial charge in [-0.15, -0.1) is 0 Å². The molecule has 2 atom stereocenters. The lowest BCUT2D eigenvalue weighted by Gasteiger charge is -2.38. The minimum Gasteiger partial charge on any atom is -0.355 e. The van der Waals surface area contributed by atoms with Crippen LogP contribution in [0.25, 0.3) is 0 Å². The van der Waals surface area contributed by atoms with Crippen molar-refractivity contribution in [1.82, 2.24) is 5.32 Å². The first kappa shape index (κ1) is 10.7. The van der Waals surface area contributed by atoms with E-state index in [1.54, 1.807) is 0 Å². The number of carbonyl (C=O) groups is 1. The highest BCUT2D eigenvalue weighted by Crippen LogP contribution is 2.39. The smallest absolute Gasteiger partial charge is 0.227 e. The first-order valence-electron chi connectivity index (χ1n) is 5.81. The summed E-state index contributed by atoms with van der Waals surface area (Å²) in [6.07, 6.45) is 8.42. The quantitative estimate of drug-likeness (QED) is 0.685. The molecule has 0 bridgehead atoms. The monoisotopic (exact) mass is 208 g/mol. The lowest BCUT2D eigenvalue weighted by atomic mass is 9.70.